The summed E-state index contributed by atoms with van der Waals surface area (Å²) in [5, 5.41) is 11.8. The molecule has 5 nitrogen and oxygen atoms in total. The van der Waals surface area contributed by atoms with Crippen LogP contribution in [0, 0.1) is 5.92 Å². The number of carbonyl (C=O) groups is 2. The number of nitrogens with zero attached hydrogens (tertiary/aromatic N) is 1. The first kappa shape index (κ1) is 16.0. The largest absolute Gasteiger partial charge is 0.481 e. The van der Waals surface area contributed by atoms with Gasteiger partial charge in [-0.05, 0) is 51.0 Å². The van der Waals surface area contributed by atoms with Crippen LogP contribution in [0.3, 0.4) is 0 Å². The number of amides is 1. The van der Waals surface area contributed by atoms with E-state index in [0.717, 1.165) is 32.5 Å². The number of likely N-dealkylation sites (tertiary alicyclic amines) is 1. The lowest BCUT2D eigenvalue weighted by atomic mass is 9.97. The molecule has 1 aliphatic heterocycles. The maximum Gasteiger partial charge on any atom is 0.303 e. The van der Waals surface area contributed by atoms with Crippen LogP contribution in [0.1, 0.15) is 44.9 Å². The first-order valence-electron chi connectivity index (χ1n) is 8.02. The van der Waals surface area contributed by atoms with Gasteiger partial charge in [0.2, 0.25) is 5.91 Å². The van der Waals surface area contributed by atoms with Crippen molar-refractivity contribution >= 4 is 11.9 Å². The van der Waals surface area contributed by atoms with Gasteiger partial charge in [-0.3, -0.25) is 14.5 Å². The third-order valence-corrected chi connectivity index (χ3v) is 4.35. The summed E-state index contributed by atoms with van der Waals surface area (Å²) < 4.78 is 0. The molecule has 0 radical (unpaired) electrons. The van der Waals surface area contributed by atoms with Crippen molar-refractivity contribution in [2.45, 2.75) is 44.9 Å². The van der Waals surface area contributed by atoms with Gasteiger partial charge in [0, 0.05) is 19.5 Å². The van der Waals surface area contributed by atoms with Crippen molar-refractivity contribution in [2.24, 2.45) is 5.92 Å². The molecule has 0 saturated carbocycles. The van der Waals surface area contributed by atoms with E-state index in [-0.39, 0.29) is 18.2 Å². The number of carboxylic acid groups (broad SMARTS) is 1. The highest BCUT2D eigenvalue weighted by Crippen LogP contribution is 2.20. The summed E-state index contributed by atoms with van der Waals surface area (Å²) in [5.41, 5.74) is 1.48. The first-order valence-corrected chi connectivity index (χ1v) is 8.02. The first-order chi connectivity index (χ1) is 10.1. The molecule has 1 atom stereocenters. The van der Waals surface area contributed by atoms with Crippen molar-refractivity contribution in [3.8, 4) is 0 Å². The minimum absolute atomic E-state index is 0.0578. The molecule has 21 heavy (non-hydrogen) atoms. The van der Waals surface area contributed by atoms with Crippen molar-refractivity contribution in [1.82, 2.24) is 10.2 Å². The van der Waals surface area contributed by atoms with Gasteiger partial charge in [-0.15, -0.1) is 0 Å². The summed E-state index contributed by atoms with van der Waals surface area (Å²) in [7, 11) is 0. The molecular formula is C16H26N2O3. The molecule has 1 aliphatic carbocycles. The molecule has 1 heterocycles. The summed E-state index contributed by atoms with van der Waals surface area (Å²) in [6.07, 6.45) is 9.31. The third-order valence-electron chi connectivity index (χ3n) is 4.35. The predicted molar refractivity (Wildman–Crippen MR) is 81.0 cm³/mol. The summed E-state index contributed by atoms with van der Waals surface area (Å²) in [5.74, 6) is -0.489. The Bertz CT molecular complexity index is 406. The lowest BCUT2D eigenvalue weighted by Crippen LogP contribution is -2.36. The molecule has 0 bridgehead atoms. The molecule has 0 aromatic carbocycles. The van der Waals surface area contributed by atoms with Crippen LogP contribution in [0.4, 0.5) is 0 Å². The quantitative estimate of drug-likeness (QED) is 0.702. The van der Waals surface area contributed by atoms with Gasteiger partial charge in [-0.25, -0.2) is 0 Å². The standard InChI is InChI=1S/C16H26N2O3/c19-15(17-8-6-13-4-2-1-3-5-13)12-18-9-7-14(11-18)10-16(20)21/h4,14H,1-3,5-12H2,(H,17,19)(H,20,21). The Morgan fingerprint density at radius 1 is 1.38 bits per heavy atom. The van der Waals surface area contributed by atoms with Crippen LogP contribution in [-0.2, 0) is 9.59 Å². The van der Waals surface area contributed by atoms with Gasteiger partial charge < -0.3 is 10.4 Å². The van der Waals surface area contributed by atoms with Gasteiger partial charge in [0.15, 0.2) is 0 Å². The van der Waals surface area contributed by atoms with Crippen molar-refractivity contribution in [2.75, 3.05) is 26.2 Å². The SMILES string of the molecule is O=C(O)CC1CCN(CC(=O)NCCC2=CCCCC2)C1. The summed E-state index contributed by atoms with van der Waals surface area (Å²) >= 11 is 0. The Morgan fingerprint density at radius 2 is 2.24 bits per heavy atom. The predicted octanol–water partition coefficient (Wildman–Crippen LogP) is 1.79. The number of carbonyl (C=O) groups excluding carboxylic acids is 1. The number of carboxylic acids is 1. The zero-order valence-electron chi connectivity index (χ0n) is 12.6. The van der Waals surface area contributed by atoms with E-state index >= 15 is 0 Å². The van der Waals surface area contributed by atoms with Gasteiger partial charge in [-0.1, -0.05) is 11.6 Å². The van der Waals surface area contributed by atoms with Crippen LogP contribution in [0.5, 0.6) is 0 Å². The maximum absolute atomic E-state index is 11.9. The number of hydrogen-bond donors (Lipinski definition) is 2. The average Bonchev–Trinajstić information content (AvgIpc) is 2.86. The van der Waals surface area contributed by atoms with Crippen LogP contribution in [0.25, 0.3) is 0 Å². The number of allylic oxidation sites excluding steroid dienone is 1. The highest BCUT2D eigenvalue weighted by Gasteiger charge is 2.25. The van der Waals surface area contributed by atoms with E-state index in [1.165, 1.54) is 31.3 Å². The molecule has 2 N–H and O–H groups in total. The van der Waals surface area contributed by atoms with Gasteiger partial charge in [0.05, 0.1) is 6.54 Å². The van der Waals surface area contributed by atoms with Gasteiger partial charge in [-0.2, -0.15) is 0 Å². The molecule has 0 aromatic heterocycles. The van der Waals surface area contributed by atoms with Crippen LogP contribution in [0.15, 0.2) is 11.6 Å². The Kier molecular flexibility index (Phi) is 6.23. The van der Waals surface area contributed by atoms with E-state index in [0.29, 0.717) is 6.54 Å². The molecule has 5 heteroatoms. The normalized spacial score (nSPS) is 22.9. The summed E-state index contributed by atoms with van der Waals surface area (Å²) in [6.45, 7) is 2.67. The Balaban J connectivity index is 1.59. The van der Waals surface area contributed by atoms with Crippen LogP contribution in [-0.4, -0.2) is 48.1 Å². The molecule has 0 spiro atoms. The second-order valence-corrected chi connectivity index (χ2v) is 6.20. The Morgan fingerprint density at radius 3 is 2.95 bits per heavy atom. The van der Waals surface area contributed by atoms with E-state index in [4.69, 9.17) is 5.11 Å². The number of rotatable bonds is 7. The second-order valence-electron chi connectivity index (χ2n) is 6.20. The topological polar surface area (TPSA) is 69.6 Å². The fourth-order valence-electron chi connectivity index (χ4n) is 3.22. The van der Waals surface area contributed by atoms with Crippen molar-refractivity contribution in [3.05, 3.63) is 11.6 Å². The minimum atomic E-state index is -0.743. The average molecular weight is 294 g/mol. The van der Waals surface area contributed by atoms with Crippen molar-refractivity contribution in [3.63, 3.8) is 0 Å². The Labute approximate surface area is 126 Å². The van der Waals surface area contributed by atoms with E-state index in [1.54, 1.807) is 0 Å². The second kappa shape index (κ2) is 8.17. The maximum atomic E-state index is 11.9. The van der Waals surface area contributed by atoms with Gasteiger partial charge >= 0.3 is 5.97 Å². The van der Waals surface area contributed by atoms with Crippen molar-refractivity contribution in [1.29, 1.82) is 0 Å². The lowest BCUT2D eigenvalue weighted by molar-refractivity contribution is -0.138. The highest BCUT2D eigenvalue weighted by atomic mass is 16.4. The Hall–Kier alpha value is -1.36. The molecule has 118 valence electrons. The van der Waals surface area contributed by atoms with Crippen LogP contribution in [0.2, 0.25) is 0 Å². The molecule has 2 aliphatic rings. The molecule has 1 unspecified atom stereocenters. The summed E-state index contributed by atoms with van der Waals surface area (Å²) in [4.78, 5) is 24.6. The van der Waals surface area contributed by atoms with E-state index in [1.807, 2.05) is 0 Å². The van der Waals surface area contributed by atoms with Crippen molar-refractivity contribution < 1.29 is 14.7 Å². The molecule has 1 saturated heterocycles. The summed E-state index contributed by atoms with van der Waals surface area (Å²) in [6, 6.07) is 0. The minimum Gasteiger partial charge on any atom is -0.481 e. The van der Waals surface area contributed by atoms with Gasteiger partial charge in [0.1, 0.15) is 0 Å². The smallest absolute Gasteiger partial charge is 0.303 e. The van der Waals surface area contributed by atoms with Gasteiger partial charge in [0.25, 0.3) is 0 Å². The molecule has 0 aromatic rings. The number of aliphatic carboxylic acids is 1. The van der Waals surface area contributed by atoms with E-state index in [9.17, 15) is 9.59 Å². The zero-order chi connectivity index (χ0) is 15.1. The number of nitrogens with one attached hydrogen (secondary N) is 1. The molecule has 1 amide bonds. The molecule has 1 fully saturated rings. The monoisotopic (exact) mass is 294 g/mol. The van der Waals surface area contributed by atoms with E-state index in [2.05, 4.69) is 16.3 Å². The fourth-order valence-corrected chi connectivity index (χ4v) is 3.22. The molecular weight excluding hydrogens is 268 g/mol. The zero-order valence-corrected chi connectivity index (χ0v) is 12.6. The van der Waals surface area contributed by atoms with Crippen LogP contribution >= 0.6 is 0 Å². The third kappa shape index (κ3) is 5.87. The highest BCUT2D eigenvalue weighted by molar-refractivity contribution is 5.78. The van der Waals surface area contributed by atoms with E-state index < -0.39 is 5.97 Å². The fraction of sp³-hybridized carbons (Fsp3) is 0.750. The molecule has 2 rings (SSSR count). The number of hydrogen-bond acceptors (Lipinski definition) is 3. The lowest BCUT2D eigenvalue weighted by Gasteiger charge is -2.16. The van der Waals surface area contributed by atoms with Crippen LogP contribution < -0.4 is 5.32 Å².